The summed E-state index contributed by atoms with van der Waals surface area (Å²) in [4.78, 5) is 27.9. The van der Waals surface area contributed by atoms with Crippen LogP contribution in [0.15, 0.2) is 54.6 Å². The molecule has 2 saturated heterocycles. The van der Waals surface area contributed by atoms with Crippen LogP contribution in [0.1, 0.15) is 53.2 Å². The van der Waals surface area contributed by atoms with Crippen LogP contribution in [0.3, 0.4) is 0 Å². The normalized spacial score (nSPS) is 21.3. The Balaban J connectivity index is 0.00000256. The minimum absolute atomic E-state index is 0. The van der Waals surface area contributed by atoms with Gasteiger partial charge in [-0.05, 0) is 43.9 Å². The minimum atomic E-state index is -0.342. The second kappa shape index (κ2) is 10.1. The minimum Gasteiger partial charge on any atom is -0.345 e. The van der Waals surface area contributed by atoms with E-state index in [9.17, 15) is 9.59 Å². The van der Waals surface area contributed by atoms with Gasteiger partial charge in [0.2, 0.25) is 5.91 Å². The first-order valence-electron chi connectivity index (χ1n) is 10.5. The van der Waals surface area contributed by atoms with Gasteiger partial charge in [0, 0.05) is 30.7 Å². The van der Waals surface area contributed by atoms with Gasteiger partial charge in [0.25, 0.3) is 5.91 Å². The van der Waals surface area contributed by atoms with Gasteiger partial charge in [0.15, 0.2) is 0 Å². The SMILES string of the molecule is Cc1ccc(C(=O)NC(CC(=O)N2CCC3CCC(C2)N3)c2ccccc2)cc1.Cl. The van der Waals surface area contributed by atoms with E-state index in [1.807, 2.05) is 66.4 Å². The van der Waals surface area contributed by atoms with Crippen molar-refractivity contribution in [3.05, 3.63) is 71.3 Å². The molecule has 0 aromatic heterocycles. The van der Waals surface area contributed by atoms with Crippen molar-refractivity contribution in [1.82, 2.24) is 15.5 Å². The summed E-state index contributed by atoms with van der Waals surface area (Å²) in [7, 11) is 0. The number of carbonyl (C=O) groups excluding carboxylic acids is 2. The summed E-state index contributed by atoms with van der Waals surface area (Å²) in [5.41, 5.74) is 2.68. The number of fused-ring (bicyclic) bond motifs is 2. The molecule has 2 fully saturated rings. The zero-order valence-electron chi connectivity index (χ0n) is 17.3. The van der Waals surface area contributed by atoms with Crippen LogP contribution in [0.25, 0.3) is 0 Å². The van der Waals surface area contributed by atoms with Crippen LogP contribution in [-0.2, 0) is 4.79 Å². The summed E-state index contributed by atoms with van der Waals surface area (Å²) in [6, 6.07) is 17.9. The van der Waals surface area contributed by atoms with Crippen molar-refractivity contribution in [3.8, 4) is 0 Å². The van der Waals surface area contributed by atoms with E-state index in [0.717, 1.165) is 37.1 Å². The predicted molar refractivity (Wildman–Crippen MR) is 121 cm³/mol. The molecule has 0 spiro atoms. The number of nitrogens with one attached hydrogen (secondary N) is 2. The Morgan fingerprint density at radius 1 is 1.03 bits per heavy atom. The molecule has 2 amide bonds. The number of benzene rings is 2. The maximum atomic E-state index is 13.1. The number of carbonyl (C=O) groups is 2. The molecule has 2 bridgehead atoms. The molecule has 2 N–H and O–H groups in total. The van der Waals surface area contributed by atoms with Crippen LogP contribution in [-0.4, -0.2) is 41.9 Å². The number of likely N-dealkylation sites (tertiary alicyclic amines) is 1. The van der Waals surface area contributed by atoms with Gasteiger partial charge in [-0.15, -0.1) is 12.4 Å². The van der Waals surface area contributed by atoms with Crippen LogP contribution in [0.2, 0.25) is 0 Å². The second-order valence-electron chi connectivity index (χ2n) is 8.27. The molecule has 0 aliphatic carbocycles. The van der Waals surface area contributed by atoms with E-state index < -0.39 is 0 Å². The lowest BCUT2D eigenvalue weighted by molar-refractivity contribution is -0.132. The van der Waals surface area contributed by atoms with Gasteiger partial charge in [0.1, 0.15) is 0 Å². The highest BCUT2D eigenvalue weighted by Gasteiger charge is 2.32. The van der Waals surface area contributed by atoms with Crippen molar-refractivity contribution in [1.29, 1.82) is 0 Å². The lowest BCUT2D eigenvalue weighted by Gasteiger charge is -2.27. The Kier molecular flexibility index (Phi) is 7.51. The molecule has 3 unspecified atom stereocenters. The van der Waals surface area contributed by atoms with Crippen molar-refractivity contribution in [2.75, 3.05) is 13.1 Å². The molecule has 2 aliphatic heterocycles. The summed E-state index contributed by atoms with van der Waals surface area (Å²) in [6.07, 6.45) is 3.64. The third-order valence-corrected chi connectivity index (χ3v) is 6.08. The second-order valence-corrected chi connectivity index (χ2v) is 8.27. The van der Waals surface area contributed by atoms with Gasteiger partial charge in [-0.2, -0.15) is 0 Å². The largest absolute Gasteiger partial charge is 0.345 e. The van der Waals surface area contributed by atoms with Gasteiger partial charge in [0.05, 0.1) is 12.5 Å². The van der Waals surface area contributed by atoms with E-state index in [1.54, 1.807) is 0 Å². The molecule has 2 aromatic carbocycles. The molecule has 0 radical (unpaired) electrons. The Morgan fingerprint density at radius 2 is 1.73 bits per heavy atom. The van der Waals surface area contributed by atoms with Crippen molar-refractivity contribution in [2.45, 2.75) is 50.7 Å². The molecule has 3 atom stereocenters. The fourth-order valence-electron chi connectivity index (χ4n) is 4.36. The van der Waals surface area contributed by atoms with E-state index >= 15 is 0 Å². The average Bonchev–Trinajstić information content (AvgIpc) is 3.07. The molecular weight excluding hydrogens is 398 g/mol. The Hall–Kier alpha value is -2.37. The standard InChI is InChI=1S/C24H29N3O2.ClH/c1-17-7-9-19(10-8-17)24(29)26-22(18-5-3-2-4-6-18)15-23(28)27-14-13-20-11-12-21(16-27)25-20;/h2-10,20-22,25H,11-16H2,1H3,(H,26,29);1H. The zero-order chi connectivity index (χ0) is 20.2. The van der Waals surface area contributed by atoms with Crippen LogP contribution in [0.5, 0.6) is 0 Å². The first kappa shape index (κ1) is 22.3. The lowest BCUT2D eigenvalue weighted by atomic mass is 10.0. The number of hydrogen-bond donors (Lipinski definition) is 2. The number of rotatable bonds is 5. The highest BCUT2D eigenvalue weighted by Crippen LogP contribution is 2.23. The summed E-state index contributed by atoms with van der Waals surface area (Å²) in [5.74, 6) is -0.0411. The predicted octanol–water partition coefficient (Wildman–Crippen LogP) is 3.63. The number of amides is 2. The van der Waals surface area contributed by atoms with Crippen LogP contribution < -0.4 is 10.6 Å². The van der Waals surface area contributed by atoms with Crippen LogP contribution in [0.4, 0.5) is 0 Å². The topological polar surface area (TPSA) is 61.4 Å². The molecule has 5 nitrogen and oxygen atoms in total. The highest BCUT2D eigenvalue weighted by atomic mass is 35.5. The van der Waals surface area contributed by atoms with E-state index in [1.165, 1.54) is 6.42 Å². The molecule has 2 aliphatic rings. The smallest absolute Gasteiger partial charge is 0.251 e. The van der Waals surface area contributed by atoms with Crippen molar-refractivity contribution in [3.63, 3.8) is 0 Å². The third kappa shape index (κ3) is 5.41. The van der Waals surface area contributed by atoms with Crippen molar-refractivity contribution >= 4 is 24.2 Å². The van der Waals surface area contributed by atoms with Crippen molar-refractivity contribution in [2.24, 2.45) is 0 Å². The number of nitrogens with zero attached hydrogens (tertiary/aromatic N) is 1. The van der Waals surface area contributed by atoms with Crippen LogP contribution >= 0.6 is 12.4 Å². The quantitative estimate of drug-likeness (QED) is 0.765. The maximum Gasteiger partial charge on any atom is 0.251 e. The molecule has 160 valence electrons. The molecular formula is C24H30ClN3O2. The number of aryl methyl sites for hydroxylation is 1. The highest BCUT2D eigenvalue weighted by molar-refractivity contribution is 5.94. The van der Waals surface area contributed by atoms with Crippen molar-refractivity contribution < 1.29 is 9.59 Å². The molecule has 2 aromatic rings. The summed E-state index contributed by atoms with van der Waals surface area (Å²) in [6.45, 7) is 3.55. The molecule has 30 heavy (non-hydrogen) atoms. The molecule has 0 saturated carbocycles. The number of hydrogen-bond acceptors (Lipinski definition) is 3. The first-order chi connectivity index (χ1) is 14.1. The Labute approximate surface area is 184 Å². The van der Waals surface area contributed by atoms with E-state index in [4.69, 9.17) is 0 Å². The van der Waals surface area contributed by atoms with Gasteiger partial charge in [-0.25, -0.2) is 0 Å². The van der Waals surface area contributed by atoms with Gasteiger partial charge >= 0.3 is 0 Å². The summed E-state index contributed by atoms with van der Waals surface area (Å²) >= 11 is 0. The van der Waals surface area contributed by atoms with Crippen LogP contribution in [0, 0.1) is 6.92 Å². The van der Waals surface area contributed by atoms with Gasteiger partial charge < -0.3 is 15.5 Å². The molecule has 4 rings (SSSR count). The van der Waals surface area contributed by atoms with E-state index in [2.05, 4.69) is 10.6 Å². The maximum absolute atomic E-state index is 13.1. The summed E-state index contributed by atoms with van der Waals surface area (Å²) < 4.78 is 0. The fraction of sp³-hybridized carbons (Fsp3) is 0.417. The molecule has 2 heterocycles. The summed E-state index contributed by atoms with van der Waals surface area (Å²) in [5, 5.41) is 6.70. The third-order valence-electron chi connectivity index (χ3n) is 6.08. The average molecular weight is 428 g/mol. The zero-order valence-corrected chi connectivity index (χ0v) is 18.2. The monoisotopic (exact) mass is 427 g/mol. The lowest BCUT2D eigenvalue weighted by Crippen LogP contribution is -2.41. The van der Waals surface area contributed by atoms with E-state index in [-0.39, 0.29) is 36.7 Å². The molecule has 6 heteroatoms. The van der Waals surface area contributed by atoms with Gasteiger partial charge in [-0.1, -0.05) is 48.0 Å². The fourth-order valence-corrected chi connectivity index (χ4v) is 4.36. The van der Waals surface area contributed by atoms with E-state index in [0.29, 0.717) is 17.6 Å². The number of halogens is 1. The Bertz CT molecular complexity index is 857. The Morgan fingerprint density at radius 3 is 2.47 bits per heavy atom. The van der Waals surface area contributed by atoms with Gasteiger partial charge in [-0.3, -0.25) is 9.59 Å². The first-order valence-corrected chi connectivity index (χ1v) is 10.5.